The maximum atomic E-state index is 13.4. The summed E-state index contributed by atoms with van der Waals surface area (Å²) in [5, 5.41) is 9.39. The summed E-state index contributed by atoms with van der Waals surface area (Å²) in [5.41, 5.74) is 6.02. The van der Waals surface area contributed by atoms with Crippen molar-refractivity contribution in [2.75, 3.05) is 5.73 Å². The number of pyridine rings is 1. The number of halogens is 4. The highest BCUT2D eigenvalue weighted by atomic mass is 79.9. The largest absolute Gasteiger partial charge is 0.417 e. The van der Waals surface area contributed by atoms with Gasteiger partial charge in [-0.2, -0.15) is 18.4 Å². The molecule has 0 aliphatic carbocycles. The fourth-order valence-electron chi connectivity index (χ4n) is 2.63. The molecule has 0 bridgehead atoms. The molecule has 2 N–H and O–H groups in total. The summed E-state index contributed by atoms with van der Waals surface area (Å²) < 4.78 is 41.1. The quantitative estimate of drug-likeness (QED) is 0.585. The van der Waals surface area contributed by atoms with Gasteiger partial charge in [0.1, 0.15) is 17.5 Å². The zero-order valence-electron chi connectivity index (χ0n) is 13.2. The highest BCUT2D eigenvalue weighted by Gasteiger charge is 2.34. The molecular weight excluding hydrogens is 407 g/mol. The first-order valence-corrected chi connectivity index (χ1v) is 8.23. The third kappa shape index (κ3) is 3.41. The van der Waals surface area contributed by atoms with E-state index in [9.17, 15) is 18.4 Å². The summed E-state index contributed by atoms with van der Waals surface area (Å²) in [6, 6.07) is 15.5. The van der Waals surface area contributed by atoms with E-state index in [0.29, 0.717) is 11.3 Å². The van der Waals surface area contributed by atoms with Gasteiger partial charge in [-0.25, -0.2) is 4.98 Å². The molecule has 1 heterocycles. The Morgan fingerprint density at radius 1 is 1.00 bits per heavy atom. The Morgan fingerprint density at radius 3 is 2.27 bits per heavy atom. The van der Waals surface area contributed by atoms with Crippen molar-refractivity contribution in [3.63, 3.8) is 0 Å². The van der Waals surface area contributed by atoms with Crippen molar-refractivity contribution in [1.82, 2.24) is 4.98 Å². The number of hydrogen-bond donors (Lipinski definition) is 1. The summed E-state index contributed by atoms with van der Waals surface area (Å²) in [4.78, 5) is 4.18. The minimum absolute atomic E-state index is 0.0810. The zero-order valence-corrected chi connectivity index (χ0v) is 14.8. The van der Waals surface area contributed by atoms with Gasteiger partial charge in [-0.1, -0.05) is 46.3 Å². The fourth-order valence-corrected chi connectivity index (χ4v) is 2.89. The smallest absolute Gasteiger partial charge is 0.383 e. The molecule has 3 rings (SSSR count). The lowest BCUT2D eigenvalue weighted by Gasteiger charge is -2.15. The van der Waals surface area contributed by atoms with E-state index in [2.05, 4.69) is 20.9 Å². The molecule has 0 aliphatic rings. The van der Waals surface area contributed by atoms with Gasteiger partial charge in [-0.3, -0.25) is 0 Å². The minimum atomic E-state index is -4.56. The zero-order chi connectivity index (χ0) is 18.9. The van der Waals surface area contributed by atoms with Crippen LogP contribution < -0.4 is 5.73 Å². The Balaban J connectivity index is 2.28. The summed E-state index contributed by atoms with van der Waals surface area (Å²) >= 11 is 3.32. The molecule has 0 aliphatic heterocycles. The van der Waals surface area contributed by atoms with Crippen LogP contribution in [0, 0.1) is 11.3 Å². The first-order chi connectivity index (χ1) is 12.3. The SMILES string of the molecule is N#Cc1c(-c2ccccc2C(F)(F)F)cc(-c2ccc(Br)cc2)nc1N. The predicted molar refractivity (Wildman–Crippen MR) is 96.9 cm³/mol. The maximum Gasteiger partial charge on any atom is 0.417 e. The van der Waals surface area contributed by atoms with E-state index in [1.165, 1.54) is 24.3 Å². The van der Waals surface area contributed by atoms with Crippen molar-refractivity contribution in [3.8, 4) is 28.5 Å². The summed E-state index contributed by atoms with van der Waals surface area (Å²) in [6.45, 7) is 0. The molecule has 0 unspecified atom stereocenters. The molecule has 0 spiro atoms. The molecule has 26 heavy (non-hydrogen) atoms. The topological polar surface area (TPSA) is 62.7 Å². The highest BCUT2D eigenvalue weighted by Crippen LogP contribution is 2.40. The molecule has 0 atom stereocenters. The molecule has 3 nitrogen and oxygen atoms in total. The van der Waals surface area contributed by atoms with E-state index in [-0.39, 0.29) is 22.5 Å². The molecule has 0 fully saturated rings. The molecule has 0 saturated carbocycles. The van der Waals surface area contributed by atoms with E-state index in [1.807, 2.05) is 6.07 Å². The van der Waals surface area contributed by atoms with Gasteiger partial charge < -0.3 is 5.73 Å². The first-order valence-electron chi connectivity index (χ1n) is 7.44. The third-order valence-corrected chi connectivity index (χ3v) is 4.35. The van der Waals surface area contributed by atoms with Gasteiger partial charge >= 0.3 is 6.18 Å². The minimum Gasteiger partial charge on any atom is -0.383 e. The van der Waals surface area contributed by atoms with E-state index < -0.39 is 11.7 Å². The number of rotatable bonds is 2. The van der Waals surface area contributed by atoms with Crippen LogP contribution in [0.3, 0.4) is 0 Å². The molecule has 1 aromatic heterocycles. The van der Waals surface area contributed by atoms with Crippen LogP contribution in [0.15, 0.2) is 59.1 Å². The maximum absolute atomic E-state index is 13.4. The van der Waals surface area contributed by atoms with Crippen LogP contribution in [0.25, 0.3) is 22.4 Å². The number of benzene rings is 2. The number of aromatic nitrogens is 1. The average molecular weight is 418 g/mol. The van der Waals surface area contributed by atoms with Crippen LogP contribution >= 0.6 is 15.9 Å². The summed E-state index contributed by atoms with van der Waals surface area (Å²) in [6.07, 6.45) is -4.56. The normalized spacial score (nSPS) is 11.2. The third-order valence-electron chi connectivity index (χ3n) is 3.82. The van der Waals surface area contributed by atoms with Crippen molar-refractivity contribution in [1.29, 1.82) is 5.26 Å². The lowest BCUT2D eigenvalue weighted by molar-refractivity contribution is -0.137. The lowest BCUT2D eigenvalue weighted by Crippen LogP contribution is -2.08. The molecule has 7 heteroatoms. The van der Waals surface area contributed by atoms with Crippen molar-refractivity contribution in [2.24, 2.45) is 0 Å². The number of nitrogen functional groups attached to an aromatic ring is 1. The average Bonchev–Trinajstić information content (AvgIpc) is 2.61. The monoisotopic (exact) mass is 417 g/mol. The van der Waals surface area contributed by atoms with Gasteiger partial charge in [0.25, 0.3) is 0 Å². The van der Waals surface area contributed by atoms with Gasteiger partial charge in [-0.15, -0.1) is 0 Å². The standard InChI is InChI=1S/C19H11BrF3N3/c20-12-7-5-11(6-8-12)17-9-14(15(10-24)18(25)26-17)13-3-1-2-4-16(13)19(21,22)23/h1-9H,(H2,25,26). The van der Waals surface area contributed by atoms with Crippen LogP contribution in [0.4, 0.5) is 19.0 Å². The van der Waals surface area contributed by atoms with Crippen molar-refractivity contribution >= 4 is 21.7 Å². The van der Waals surface area contributed by atoms with Gasteiger partial charge in [0.05, 0.1) is 11.3 Å². The van der Waals surface area contributed by atoms with Gasteiger partial charge in [0.2, 0.25) is 0 Å². The number of nitrogens with two attached hydrogens (primary N) is 1. The number of nitriles is 1. The summed E-state index contributed by atoms with van der Waals surface area (Å²) in [5.74, 6) is -0.111. The molecule has 3 aromatic rings. The molecule has 2 aromatic carbocycles. The predicted octanol–water partition coefficient (Wildman–Crippen LogP) is 5.65. The van der Waals surface area contributed by atoms with E-state index in [4.69, 9.17) is 5.73 Å². The fraction of sp³-hybridized carbons (Fsp3) is 0.0526. The Morgan fingerprint density at radius 2 is 1.65 bits per heavy atom. The number of hydrogen-bond acceptors (Lipinski definition) is 3. The molecule has 0 amide bonds. The van der Waals surface area contributed by atoms with Gasteiger partial charge in [0, 0.05) is 15.6 Å². The lowest BCUT2D eigenvalue weighted by atomic mass is 9.94. The van der Waals surface area contributed by atoms with Gasteiger partial charge in [0.15, 0.2) is 0 Å². The van der Waals surface area contributed by atoms with Crippen LogP contribution in [0.5, 0.6) is 0 Å². The van der Waals surface area contributed by atoms with E-state index >= 15 is 0 Å². The number of alkyl halides is 3. The number of nitrogens with zero attached hydrogens (tertiary/aromatic N) is 2. The van der Waals surface area contributed by atoms with E-state index in [0.717, 1.165) is 10.5 Å². The second kappa shape index (κ2) is 6.81. The Hall–Kier alpha value is -2.85. The first kappa shape index (κ1) is 18.0. The van der Waals surface area contributed by atoms with Crippen LogP contribution in [-0.4, -0.2) is 4.98 Å². The van der Waals surface area contributed by atoms with Crippen LogP contribution in [-0.2, 0) is 6.18 Å². The molecular formula is C19H11BrF3N3. The molecule has 0 radical (unpaired) electrons. The second-order valence-corrected chi connectivity index (χ2v) is 6.39. The van der Waals surface area contributed by atoms with Crippen LogP contribution in [0.1, 0.15) is 11.1 Å². The van der Waals surface area contributed by atoms with Crippen molar-refractivity contribution < 1.29 is 13.2 Å². The van der Waals surface area contributed by atoms with Crippen molar-refractivity contribution in [2.45, 2.75) is 6.18 Å². The van der Waals surface area contributed by atoms with E-state index in [1.54, 1.807) is 24.3 Å². The Bertz CT molecular complexity index is 1010. The van der Waals surface area contributed by atoms with Gasteiger partial charge in [-0.05, 0) is 29.8 Å². The highest BCUT2D eigenvalue weighted by molar-refractivity contribution is 9.10. The molecule has 130 valence electrons. The van der Waals surface area contributed by atoms with Crippen LogP contribution in [0.2, 0.25) is 0 Å². The Labute approximate surface area is 156 Å². The Kier molecular flexibility index (Phi) is 4.70. The second-order valence-electron chi connectivity index (χ2n) is 5.48. The summed E-state index contributed by atoms with van der Waals surface area (Å²) in [7, 11) is 0. The number of anilines is 1. The molecule has 0 saturated heterocycles. The van der Waals surface area contributed by atoms with Crippen molar-refractivity contribution in [3.05, 3.63) is 70.2 Å².